The summed E-state index contributed by atoms with van der Waals surface area (Å²) in [6, 6.07) is 18.1. The number of hydrogen-bond donors (Lipinski definition) is 0. The van der Waals surface area contributed by atoms with Gasteiger partial charge in [-0.05, 0) is 80.3 Å². The largest absolute Gasteiger partial charge is 0.381 e. The van der Waals surface area contributed by atoms with Crippen molar-refractivity contribution in [3.05, 3.63) is 65.7 Å². The second kappa shape index (κ2) is 12.2. The SMILES string of the molecule is CS(=O)(=O)c1ccc(CN2CCC3(CCN(C[C@H]4CN(CC5CCOCC5)C[C@@H]4c4ccccc4)CC3)C2=O)cc1. The third-order valence-corrected chi connectivity index (χ3v) is 11.4. The molecule has 0 unspecified atom stereocenters. The summed E-state index contributed by atoms with van der Waals surface area (Å²) in [6.07, 6.45) is 6.38. The molecular formula is C33H45N3O4S. The molecule has 0 radical (unpaired) electrons. The van der Waals surface area contributed by atoms with Gasteiger partial charge in [0, 0.05) is 64.7 Å². The second-order valence-electron chi connectivity index (χ2n) is 13.0. The Kier molecular flexibility index (Phi) is 8.55. The van der Waals surface area contributed by atoms with Gasteiger partial charge in [-0.3, -0.25) is 4.79 Å². The van der Waals surface area contributed by atoms with Crippen LogP contribution in [0.1, 0.15) is 49.1 Å². The van der Waals surface area contributed by atoms with E-state index in [1.54, 1.807) is 12.1 Å². The van der Waals surface area contributed by atoms with Gasteiger partial charge in [-0.2, -0.15) is 0 Å². The molecule has 1 spiro atoms. The average Bonchev–Trinajstić information content (AvgIpc) is 3.51. The van der Waals surface area contributed by atoms with Crippen molar-refractivity contribution in [1.29, 1.82) is 0 Å². The molecule has 2 atom stereocenters. The topological polar surface area (TPSA) is 70.2 Å². The number of likely N-dealkylation sites (tertiary alicyclic amines) is 3. The first kappa shape index (κ1) is 28.8. The molecule has 0 N–H and O–H groups in total. The molecule has 2 aromatic carbocycles. The zero-order chi connectivity index (χ0) is 28.5. The first-order valence-electron chi connectivity index (χ1n) is 15.4. The number of sulfone groups is 1. The third kappa shape index (κ3) is 6.56. The van der Waals surface area contributed by atoms with Crippen LogP contribution in [-0.2, 0) is 25.9 Å². The van der Waals surface area contributed by atoms with Crippen molar-refractivity contribution in [1.82, 2.24) is 14.7 Å². The number of benzene rings is 2. The molecule has 0 aliphatic carbocycles. The van der Waals surface area contributed by atoms with Gasteiger partial charge in [0.05, 0.1) is 10.3 Å². The highest BCUT2D eigenvalue weighted by Crippen LogP contribution is 2.43. The van der Waals surface area contributed by atoms with E-state index in [1.807, 2.05) is 17.0 Å². The Hall–Kier alpha value is -2.26. The molecule has 4 heterocycles. The molecule has 1 amide bonds. The lowest BCUT2D eigenvalue weighted by Crippen LogP contribution is -2.46. The van der Waals surface area contributed by atoms with E-state index in [2.05, 4.69) is 40.1 Å². The van der Waals surface area contributed by atoms with Gasteiger partial charge in [-0.1, -0.05) is 42.5 Å². The van der Waals surface area contributed by atoms with Crippen LogP contribution in [0.15, 0.2) is 59.5 Å². The van der Waals surface area contributed by atoms with E-state index in [0.717, 1.165) is 83.2 Å². The summed E-state index contributed by atoms with van der Waals surface area (Å²) in [4.78, 5) is 21.3. The summed E-state index contributed by atoms with van der Waals surface area (Å²) in [5.41, 5.74) is 2.22. The molecule has 7 nitrogen and oxygen atoms in total. The summed E-state index contributed by atoms with van der Waals surface area (Å²) in [6.45, 7) is 9.71. The fourth-order valence-electron chi connectivity index (χ4n) is 7.73. The van der Waals surface area contributed by atoms with Gasteiger partial charge in [0.2, 0.25) is 5.91 Å². The smallest absolute Gasteiger partial charge is 0.229 e. The molecular weight excluding hydrogens is 534 g/mol. The Morgan fingerprint density at radius 1 is 0.854 bits per heavy atom. The van der Waals surface area contributed by atoms with E-state index >= 15 is 0 Å². The zero-order valence-electron chi connectivity index (χ0n) is 24.4. The van der Waals surface area contributed by atoms with Crippen molar-refractivity contribution in [2.75, 3.05) is 65.3 Å². The normalized spacial score (nSPS) is 26.3. The lowest BCUT2D eigenvalue weighted by molar-refractivity contribution is -0.139. The van der Waals surface area contributed by atoms with E-state index in [1.165, 1.54) is 31.2 Å². The number of amides is 1. The van der Waals surface area contributed by atoms with E-state index in [-0.39, 0.29) is 11.3 Å². The number of ether oxygens (including phenoxy) is 1. The molecule has 41 heavy (non-hydrogen) atoms. The molecule has 4 aliphatic rings. The Labute approximate surface area is 245 Å². The van der Waals surface area contributed by atoms with Crippen LogP contribution < -0.4 is 0 Å². The number of nitrogens with zero attached hydrogens (tertiary/aromatic N) is 3. The van der Waals surface area contributed by atoms with Crippen molar-refractivity contribution in [2.24, 2.45) is 17.3 Å². The lowest BCUT2D eigenvalue weighted by Gasteiger charge is -2.39. The van der Waals surface area contributed by atoms with E-state index in [9.17, 15) is 13.2 Å². The van der Waals surface area contributed by atoms with Crippen molar-refractivity contribution in [3.8, 4) is 0 Å². The zero-order valence-corrected chi connectivity index (χ0v) is 25.2. The first-order valence-corrected chi connectivity index (χ1v) is 17.3. The molecule has 222 valence electrons. The number of carbonyl (C=O) groups is 1. The minimum absolute atomic E-state index is 0.229. The molecule has 4 aliphatic heterocycles. The van der Waals surface area contributed by atoms with Crippen molar-refractivity contribution in [3.63, 3.8) is 0 Å². The summed E-state index contributed by atoms with van der Waals surface area (Å²) >= 11 is 0. The van der Waals surface area contributed by atoms with Crippen molar-refractivity contribution < 1.29 is 17.9 Å². The predicted octanol–water partition coefficient (Wildman–Crippen LogP) is 4.05. The molecule has 0 saturated carbocycles. The molecule has 6 rings (SSSR count). The second-order valence-corrected chi connectivity index (χ2v) is 15.0. The van der Waals surface area contributed by atoms with Crippen molar-refractivity contribution in [2.45, 2.75) is 49.5 Å². The van der Waals surface area contributed by atoms with Gasteiger partial charge in [-0.15, -0.1) is 0 Å². The van der Waals surface area contributed by atoms with Gasteiger partial charge < -0.3 is 19.4 Å². The van der Waals surface area contributed by atoms with Gasteiger partial charge in [0.1, 0.15) is 0 Å². The van der Waals surface area contributed by atoms with Crippen molar-refractivity contribution >= 4 is 15.7 Å². The van der Waals surface area contributed by atoms with Crippen LogP contribution in [0.3, 0.4) is 0 Å². The van der Waals surface area contributed by atoms with Gasteiger partial charge in [0.15, 0.2) is 9.84 Å². The molecule has 0 bridgehead atoms. The van der Waals surface area contributed by atoms with Crippen LogP contribution in [0.5, 0.6) is 0 Å². The predicted molar refractivity (Wildman–Crippen MR) is 160 cm³/mol. The molecule has 4 fully saturated rings. The molecule has 0 aromatic heterocycles. The van der Waals surface area contributed by atoms with Crippen LogP contribution in [0.25, 0.3) is 0 Å². The maximum atomic E-state index is 13.6. The third-order valence-electron chi connectivity index (χ3n) is 10.2. The Morgan fingerprint density at radius 2 is 1.54 bits per heavy atom. The Bertz CT molecular complexity index is 1290. The quantitative estimate of drug-likeness (QED) is 0.470. The average molecular weight is 580 g/mol. The van der Waals surface area contributed by atoms with E-state index in [0.29, 0.717) is 23.3 Å². The molecule has 2 aromatic rings. The summed E-state index contributed by atoms with van der Waals surface area (Å²) in [5.74, 6) is 2.21. The number of carbonyl (C=O) groups excluding carboxylic acids is 1. The number of rotatable bonds is 8. The fourth-order valence-corrected chi connectivity index (χ4v) is 8.36. The van der Waals surface area contributed by atoms with Crippen LogP contribution in [-0.4, -0.2) is 94.3 Å². The molecule has 8 heteroatoms. The van der Waals surface area contributed by atoms with Crippen LogP contribution in [0.2, 0.25) is 0 Å². The summed E-state index contributed by atoms with van der Waals surface area (Å²) < 4.78 is 29.2. The van der Waals surface area contributed by atoms with E-state index in [4.69, 9.17) is 4.74 Å². The fraction of sp³-hybridized carbons (Fsp3) is 0.606. The van der Waals surface area contributed by atoms with Gasteiger partial charge in [0.25, 0.3) is 0 Å². The standard InChI is InChI=1S/C33H45N3O4S/c1-41(38,39)30-9-7-26(8-10-30)22-36-18-15-33(32(36)37)13-16-34(17-14-33)23-29-24-35(21-27-11-19-40-20-12-27)25-31(29)28-5-3-2-4-6-28/h2-10,27,29,31H,11-25H2,1H3/t29-,31+/m0/s1. The monoisotopic (exact) mass is 579 g/mol. The van der Waals surface area contributed by atoms with Gasteiger partial charge in [-0.25, -0.2) is 8.42 Å². The highest BCUT2D eigenvalue weighted by atomic mass is 32.2. The van der Waals surface area contributed by atoms with E-state index < -0.39 is 9.84 Å². The molecule has 4 saturated heterocycles. The minimum Gasteiger partial charge on any atom is -0.381 e. The number of piperidine rings is 1. The Balaban J connectivity index is 1.05. The number of hydrogen-bond acceptors (Lipinski definition) is 6. The summed E-state index contributed by atoms with van der Waals surface area (Å²) in [7, 11) is -3.22. The van der Waals surface area contributed by atoms with Crippen LogP contribution in [0, 0.1) is 17.3 Å². The van der Waals surface area contributed by atoms with Crippen LogP contribution in [0.4, 0.5) is 0 Å². The van der Waals surface area contributed by atoms with Crippen LogP contribution >= 0.6 is 0 Å². The highest BCUT2D eigenvalue weighted by Gasteiger charge is 2.48. The maximum absolute atomic E-state index is 13.6. The highest BCUT2D eigenvalue weighted by molar-refractivity contribution is 7.90. The lowest BCUT2D eigenvalue weighted by atomic mass is 9.76. The summed E-state index contributed by atoms with van der Waals surface area (Å²) in [5, 5.41) is 0. The first-order chi connectivity index (χ1) is 19.8. The maximum Gasteiger partial charge on any atom is 0.229 e. The minimum atomic E-state index is -3.22. The Morgan fingerprint density at radius 3 is 2.22 bits per heavy atom. The van der Waals surface area contributed by atoms with Gasteiger partial charge >= 0.3 is 0 Å².